The average Bonchev–Trinajstić information content (AvgIpc) is 2.21. The molecule has 1 N–H and O–H groups in total. The fourth-order valence-electron chi connectivity index (χ4n) is 2.37. The first-order valence-electron chi connectivity index (χ1n) is 6.11. The molecule has 0 amide bonds. The van der Waals surface area contributed by atoms with Crippen molar-refractivity contribution in [2.45, 2.75) is 58.5 Å². The molecule has 0 aromatic rings. The molecule has 1 unspecified atom stereocenters. The van der Waals surface area contributed by atoms with E-state index in [0.29, 0.717) is 6.04 Å². The van der Waals surface area contributed by atoms with Gasteiger partial charge >= 0.3 is 0 Å². The van der Waals surface area contributed by atoms with Crippen LogP contribution in [0.3, 0.4) is 0 Å². The number of thioether (sulfide) groups is 1. The van der Waals surface area contributed by atoms with Crippen LogP contribution < -0.4 is 5.32 Å². The zero-order valence-electron chi connectivity index (χ0n) is 9.88. The highest BCUT2D eigenvalue weighted by Crippen LogP contribution is 2.20. The molecular formula is C12H25NS. The van der Waals surface area contributed by atoms with Gasteiger partial charge in [-0.05, 0) is 37.2 Å². The van der Waals surface area contributed by atoms with Crippen molar-refractivity contribution >= 4 is 11.8 Å². The van der Waals surface area contributed by atoms with Gasteiger partial charge in [0.1, 0.15) is 0 Å². The van der Waals surface area contributed by atoms with Crippen LogP contribution >= 0.6 is 11.8 Å². The maximum atomic E-state index is 3.81. The van der Waals surface area contributed by atoms with Gasteiger partial charge in [0.15, 0.2) is 0 Å². The lowest BCUT2D eigenvalue weighted by molar-refractivity contribution is 0.312. The molecule has 0 radical (unpaired) electrons. The third kappa shape index (κ3) is 3.82. The van der Waals surface area contributed by atoms with Gasteiger partial charge in [0.05, 0.1) is 0 Å². The highest BCUT2D eigenvalue weighted by atomic mass is 32.2. The summed E-state index contributed by atoms with van der Waals surface area (Å²) in [6.45, 7) is 6.98. The van der Waals surface area contributed by atoms with Crippen molar-refractivity contribution < 1.29 is 0 Å². The molecule has 1 aliphatic rings. The largest absolute Gasteiger partial charge is 0.311 e. The Labute approximate surface area is 93.4 Å². The van der Waals surface area contributed by atoms with Crippen molar-refractivity contribution in [2.75, 3.05) is 11.5 Å². The van der Waals surface area contributed by atoms with Crippen LogP contribution in [0.4, 0.5) is 0 Å². The van der Waals surface area contributed by atoms with Gasteiger partial charge in [0, 0.05) is 12.1 Å². The molecule has 0 aromatic carbocycles. The molecule has 1 aliphatic heterocycles. The Hall–Kier alpha value is 0.310. The summed E-state index contributed by atoms with van der Waals surface area (Å²) in [6, 6.07) is 1.50. The van der Waals surface area contributed by atoms with Gasteiger partial charge < -0.3 is 5.32 Å². The lowest BCUT2D eigenvalue weighted by Crippen LogP contribution is -2.42. The minimum Gasteiger partial charge on any atom is -0.311 e. The topological polar surface area (TPSA) is 12.0 Å². The lowest BCUT2D eigenvalue weighted by Gasteiger charge is -2.30. The molecule has 0 aromatic heterocycles. The molecule has 1 nitrogen and oxygen atoms in total. The zero-order valence-corrected chi connectivity index (χ0v) is 10.7. The minimum atomic E-state index is 0.707. The summed E-state index contributed by atoms with van der Waals surface area (Å²) in [5, 5.41) is 3.81. The SMILES string of the molecule is CCC(CC)C(C)NC1CCSCC1. The fourth-order valence-corrected chi connectivity index (χ4v) is 3.47. The zero-order chi connectivity index (χ0) is 10.4. The van der Waals surface area contributed by atoms with Crippen LogP contribution in [-0.4, -0.2) is 23.6 Å². The molecule has 1 atom stereocenters. The maximum Gasteiger partial charge on any atom is 0.00853 e. The van der Waals surface area contributed by atoms with Crippen LogP contribution in [0.25, 0.3) is 0 Å². The van der Waals surface area contributed by atoms with E-state index in [9.17, 15) is 0 Å². The second kappa shape index (κ2) is 6.73. The monoisotopic (exact) mass is 215 g/mol. The van der Waals surface area contributed by atoms with Crippen molar-refractivity contribution in [3.8, 4) is 0 Å². The van der Waals surface area contributed by atoms with E-state index < -0.39 is 0 Å². The van der Waals surface area contributed by atoms with Crippen LogP contribution in [-0.2, 0) is 0 Å². The molecule has 0 aliphatic carbocycles. The Morgan fingerprint density at radius 3 is 2.29 bits per heavy atom. The highest BCUT2D eigenvalue weighted by molar-refractivity contribution is 7.99. The summed E-state index contributed by atoms with van der Waals surface area (Å²) in [7, 11) is 0. The van der Waals surface area contributed by atoms with Gasteiger partial charge in [0.2, 0.25) is 0 Å². The number of hydrogen-bond acceptors (Lipinski definition) is 2. The summed E-state index contributed by atoms with van der Waals surface area (Å²) in [6.07, 6.45) is 5.36. The Kier molecular flexibility index (Phi) is 5.95. The highest BCUT2D eigenvalue weighted by Gasteiger charge is 2.19. The van der Waals surface area contributed by atoms with E-state index in [1.807, 2.05) is 0 Å². The van der Waals surface area contributed by atoms with Crippen molar-refractivity contribution in [3.63, 3.8) is 0 Å². The summed E-state index contributed by atoms with van der Waals surface area (Å²) < 4.78 is 0. The van der Waals surface area contributed by atoms with E-state index in [0.717, 1.165) is 12.0 Å². The molecule has 84 valence electrons. The lowest BCUT2D eigenvalue weighted by atomic mass is 9.94. The van der Waals surface area contributed by atoms with E-state index in [1.165, 1.54) is 37.2 Å². The first kappa shape index (κ1) is 12.4. The number of rotatable bonds is 5. The Morgan fingerprint density at radius 2 is 1.79 bits per heavy atom. The molecular weight excluding hydrogens is 190 g/mol. The van der Waals surface area contributed by atoms with Gasteiger partial charge in [-0.15, -0.1) is 0 Å². The van der Waals surface area contributed by atoms with Crippen molar-refractivity contribution in [3.05, 3.63) is 0 Å². The first-order valence-corrected chi connectivity index (χ1v) is 7.27. The minimum absolute atomic E-state index is 0.707. The van der Waals surface area contributed by atoms with Crippen LogP contribution in [0.2, 0.25) is 0 Å². The second-order valence-corrected chi connectivity index (χ2v) is 5.64. The molecule has 0 bridgehead atoms. The van der Waals surface area contributed by atoms with Gasteiger partial charge in [-0.2, -0.15) is 11.8 Å². The van der Waals surface area contributed by atoms with Gasteiger partial charge in [-0.3, -0.25) is 0 Å². The smallest absolute Gasteiger partial charge is 0.00853 e. The van der Waals surface area contributed by atoms with E-state index in [2.05, 4.69) is 37.8 Å². The summed E-state index contributed by atoms with van der Waals surface area (Å²) in [4.78, 5) is 0. The van der Waals surface area contributed by atoms with Gasteiger partial charge in [-0.25, -0.2) is 0 Å². The van der Waals surface area contributed by atoms with Crippen LogP contribution in [0.15, 0.2) is 0 Å². The molecule has 2 heteroatoms. The number of hydrogen-bond donors (Lipinski definition) is 1. The normalized spacial score (nSPS) is 21.4. The molecule has 1 rings (SSSR count). The molecule has 14 heavy (non-hydrogen) atoms. The predicted molar refractivity (Wildman–Crippen MR) is 67.0 cm³/mol. The second-order valence-electron chi connectivity index (χ2n) is 4.42. The third-order valence-corrected chi connectivity index (χ3v) is 4.52. The molecule has 1 saturated heterocycles. The van der Waals surface area contributed by atoms with Gasteiger partial charge in [0.25, 0.3) is 0 Å². The van der Waals surface area contributed by atoms with E-state index in [-0.39, 0.29) is 0 Å². The third-order valence-electron chi connectivity index (χ3n) is 3.48. The van der Waals surface area contributed by atoms with Crippen LogP contribution in [0.1, 0.15) is 46.5 Å². The van der Waals surface area contributed by atoms with E-state index in [1.54, 1.807) is 0 Å². The molecule has 1 fully saturated rings. The Balaban J connectivity index is 2.26. The average molecular weight is 215 g/mol. The van der Waals surface area contributed by atoms with Gasteiger partial charge in [-0.1, -0.05) is 26.7 Å². The van der Waals surface area contributed by atoms with Crippen LogP contribution in [0, 0.1) is 5.92 Å². The van der Waals surface area contributed by atoms with E-state index in [4.69, 9.17) is 0 Å². The predicted octanol–water partition coefficient (Wildman–Crippen LogP) is 3.30. The standard InChI is InChI=1S/C12H25NS/c1-4-11(5-2)10(3)13-12-6-8-14-9-7-12/h10-13H,4-9H2,1-3H3. The summed E-state index contributed by atoms with van der Waals surface area (Å²) in [5.74, 6) is 3.57. The van der Waals surface area contributed by atoms with E-state index >= 15 is 0 Å². The summed E-state index contributed by atoms with van der Waals surface area (Å²) >= 11 is 2.11. The van der Waals surface area contributed by atoms with Crippen LogP contribution in [0.5, 0.6) is 0 Å². The van der Waals surface area contributed by atoms with Crippen molar-refractivity contribution in [2.24, 2.45) is 5.92 Å². The van der Waals surface area contributed by atoms with Crippen molar-refractivity contribution in [1.29, 1.82) is 0 Å². The van der Waals surface area contributed by atoms with Crippen molar-refractivity contribution in [1.82, 2.24) is 5.32 Å². The fraction of sp³-hybridized carbons (Fsp3) is 1.00. The molecule has 1 heterocycles. The quantitative estimate of drug-likeness (QED) is 0.755. The maximum absolute atomic E-state index is 3.81. The molecule has 0 spiro atoms. The molecule has 0 saturated carbocycles. The number of nitrogens with one attached hydrogen (secondary N) is 1. The first-order chi connectivity index (χ1) is 6.77. The Bertz CT molecular complexity index is 139. The Morgan fingerprint density at radius 1 is 1.21 bits per heavy atom. The summed E-state index contributed by atoms with van der Waals surface area (Å²) in [5.41, 5.74) is 0.